The Morgan fingerprint density at radius 3 is 2.36 bits per heavy atom. The van der Waals surface area contributed by atoms with Crippen molar-refractivity contribution in [3.63, 3.8) is 0 Å². The number of nitriles is 1. The van der Waals surface area contributed by atoms with Crippen LogP contribution in [0.15, 0.2) is 72.9 Å². The average molecular weight is 519 g/mol. The van der Waals surface area contributed by atoms with Crippen LogP contribution in [0.5, 0.6) is 5.75 Å². The highest BCUT2D eigenvalue weighted by atomic mass is 16.5. The number of methoxy groups -OCH3 is 1. The van der Waals surface area contributed by atoms with E-state index in [9.17, 15) is 5.26 Å². The second kappa shape index (κ2) is 11.0. The first-order chi connectivity index (χ1) is 18.9. The number of aromatic nitrogens is 3. The molecular weight excluding hydrogens is 484 g/mol. The third-order valence-corrected chi connectivity index (χ3v) is 7.37. The first-order valence-electron chi connectivity index (χ1n) is 13.3. The Morgan fingerprint density at radius 1 is 0.974 bits per heavy atom. The molecule has 2 aromatic heterocycles. The topological polar surface area (TPSA) is 104 Å². The maximum atomic E-state index is 9.42. The number of nitrogens with one attached hydrogen (secondary N) is 1. The molecule has 39 heavy (non-hydrogen) atoms. The number of hydrogen-bond acceptors (Lipinski definition) is 6. The Kier molecular flexibility index (Phi) is 7.38. The van der Waals surface area contributed by atoms with E-state index in [0.717, 1.165) is 63.2 Å². The maximum Gasteiger partial charge on any atom is 0.119 e. The van der Waals surface area contributed by atoms with Gasteiger partial charge in [-0.25, -0.2) is 0 Å². The summed E-state index contributed by atoms with van der Waals surface area (Å²) in [4.78, 5) is 7.11. The molecule has 7 heteroatoms. The molecule has 0 spiro atoms. The number of nitrogen functional groups attached to an aromatic ring is 1. The fourth-order valence-corrected chi connectivity index (χ4v) is 4.96. The van der Waals surface area contributed by atoms with Gasteiger partial charge < -0.3 is 15.4 Å². The number of aromatic amines is 1. The smallest absolute Gasteiger partial charge is 0.119 e. The first-order valence-corrected chi connectivity index (χ1v) is 13.3. The molecule has 0 amide bonds. The van der Waals surface area contributed by atoms with Crippen molar-refractivity contribution in [2.75, 3.05) is 30.8 Å². The summed E-state index contributed by atoms with van der Waals surface area (Å²) in [7, 11) is 1.63. The van der Waals surface area contributed by atoms with E-state index in [2.05, 4.69) is 56.5 Å². The minimum Gasteiger partial charge on any atom is -0.497 e. The number of rotatable bonds is 4. The van der Waals surface area contributed by atoms with Gasteiger partial charge in [0.25, 0.3) is 0 Å². The number of anilines is 2. The lowest BCUT2D eigenvalue weighted by atomic mass is 9.86. The highest BCUT2D eigenvalue weighted by Gasteiger charge is 2.20. The SMILES string of the molecule is CC(C)(C#N)c1ccc(-c2n[nH]c3cnc4ccc(N5CCCCC5)cc4c23)cc1.COc1ccc(N)cc1. The summed E-state index contributed by atoms with van der Waals surface area (Å²) in [6.45, 7) is 6.10. The van der Waals surface area contributed by atoms with Gasteiger partial charge in [0.1, 0.15) is 11.4 Å². The van der Waals surface area contributed by atoms with E-state index in [1.807, 2.05) is 44.3 Å². The number of H-pyrrole nitrogens is 1. The number of hydrogen-bond donors (Lipinski definition) is 2. The zero-order chi connectivity index (χ0) is 27.4. The fraction of sp³-hybridized carbons (Fsp3) is 0.281. The molecule has 1 aliphatic rings. The minimum atomic E-state index is -0.508. The number of nitrogens with zero attached hydrogens (tertiary/aromatic N) is 4. The zero-order valence-electron chi connectivity index (χ0n) is 22.7. The lowest BCUT2D eigenvalue weighted by Gasteiger charge is -2.29. The van der Waals surface area contributed by atoms with Crippen LogP contribution >= 0.6 is 0 Å². The van der Waals surface area contributed by atoms with Crippen molar-refractivity contribution in [3.8, 4) is 23.1 Å². The Bertz CT molecular complexity index is 1610. The molecule has 0 unspecified atom stereocenters. The molecule has 1 fully saturated rings. The van der Waals surface area contributed by atoms with Crippen molar-refractivity contribution in [3.05, 3.63) is 78.5 Å². The van der Waals surface area contributed by atoms with Crippen LogP contribution in [0.25, 0.3) is 33.1 Å². The van der Waals surface area contributed by atoms with Crippen molar-refractivity contribution in [2.45, 2.75) is 38.5 Å². The maximum absolute atomic E-state index is 9.42. The van der Waals surface area contributed by atoms with Crippen LogP contribution in [-0.4, -0.2) is 35.4 Å². The summed E-state index contributed by atoms with van der Waals surface area (Å²) in [6.07, 6.45) is 5.69. The van der Waals surface area contributed by atoms with Crippen molar-refractivity contribution < 1.29 is 4.74 Å². The molecule has 0 atom stereocenters. The molecular formula is C32H34N6O. The van der Waals surface area contributed by atoms with Gasteiger partial charge in [-0.2, -0.15) is 10.4 Å². The standard InChI is InChI=1S/C25H25N5.C7H9NO/c1-25(2,16-26)18-8-6-17(7-9-18)24-23-20-14-19(30-12-4-3-5-13-30)10-11-21(20)27-15-22(23)28-29-24;1-9-7-4-2-6(8)3-5-7/h6-11,14-15H,3-5,12-13H2,1-2H3,(H,28,29);2-5H,8H2,1H3. The number of ether oxygens (including phenoxy) is 1. The Labute approximate surface area is 229 Å². The van der Waals surface area contributed by atoms with Crippen molar-refractivity contribution in [1.29, 1.82) is 5.26 Å². The van der Waals surface area contributed by atoms with E-state index >= 15 is 0 Å². The van der Waals surface area contributed by atoms with Crippen LogP contribution in [0.2, 0.25) is 0 Å². The van der Waals surface area contributed by atoms with Crippen LogP contribution in [0, 0.1) is 11.3 Å². The van der Waals surface area contributed by atoms with Crippen LogP contribution < -0.4 is 15.4 Å². The van der Waals surface area contributed by atoms with E-state index in [1.165, 1.54) is 24.9 Å². The summed E-state index contributed by atoms with van der Waals surface area (Å²) < 4.78 is 4.91. The lowest BCUT2D eigenvalue weighted by Crippen LogP contribution is -2.29. The largest absolute Gasteiger partial charge is 0.497 e. The molecule has 1 aliphatic heterocycles. The van der Waals surface area contributed by atoms with E-state index in [1.54, 1.807) is 19.2 Å². The number of nitrogens with two attached hydrogens (primary N) is 1. The second-order valence-corrected chi connectivity index (χ2v) is 10.5. The van der Waals surface area contributed by atoms with E-state index in [-0.39, 0.29) is 0 Å². The van der Waals surface area contributed by atoms with Crippen LogP contribution in [0.4, 0.5) is 11.4 Å². The summed E-state index contributed by atoms with van der Waals surface area (Å²) in [5, 5.41) is 19.4. The Morgan fingerprint density at radius 2 is 1.69 bits per heavy atom. The van der Waals surface area contributed by atoms with Gasteiger partial charge in [0, 0.05) is 40.8 Å². The molecule has 0 radical (unpaired) electrons. The molecule has 3 heterocycles. The molecule has 5 aromatic rings. The number of fused-ring (bicyclic) bond motifs is 3. The number of benzene rings is 3. The van der Waals surface area contributed by atoms with Gasteiger partial charge >= 0.3 is 0 Å². The quantitative estimate of drug-likeness (QED) is 0.252. The van der Waals surface area contributed by atoms with Crippen LogP contribution in [0.1, 0.15) is 38.7 Å². The van der Waals surface area contributed by atoms with Crippen molar-refractivity contribution in [2.24, 2.45) is 0 Å². The molecule has 198 valence electrons. The molecule has 1 saturated heterocycles. The molecule has 3 N–H and O–H groups in total. The molecule has 0 bridgehead atoms. The zero-order valence-corrected chi connectivity index (χ0v) is 22.7. The molecule has 7 nitrogen and oxygen atoms in total. The molecule has 0 saturated carbocycles. The minimum absolute atomic E-state index is 0.508. The second-order valence-electron chi connectivity index (χ2n) is 10.5. The third kappa shape index (κ3) is 5.51. The highest BCUT2D eigenvalue weighted by molar-refractivity contribution is 6.11. The van der Waals surface area contributed by atoms with E-state index < -0.39 is 5.41 Å². The summed E-state index contributed by atoms with van der Waals surface area (Å²) in [6, 6.07) is 24.4. The lowest BCUT2D eigenvalue weighted by molar-refractivity contribution is 0.415. The predicted octanol–water partition coefficient (Wildman–Crippen LogP) is 6.85. The van der Waals surface area contributed by atoms with Gasteiger partial charge in [0.05, 0.1) is 35.8 Å². The molecule has 6 rings (SSSR count). The van der Waals surface area contributed by atoms with Gasteiger partial charge in [-0.05, 0) is 81.1 Å². The van der Waals surface area contributed by atoms with Crippen LogP contribution in [-0.2, 0) is 5.41 Å². The van der Waals surface area contributed by atoms with Gasteiger partial charge in [0.2, 0.25) is 0 Å². The van der Waals surface area contributed by atoms with Crippen molar-refractivity contribution >= 4 is 33.2 Å². The third-order valence-electron chi connectivity index (χ3n) is 7.37. The monoisotopic (exact) mass is 518 g/mol. The average Bonchev–Trinajstić information content (AvgIpc) is 3.43. The first kappa shape index (κ1) is 26.1. The van der Waals surface area contributed by atoms with Gasteiger partial charge in [-0.1, -0.05) is 24.3 Å². The summed E-state index contributed by atoms with van der Waals surface area (Å²) in [5.41, 5.74) is 11.8. The van der Waals surface area contributed by atoms with Gasteiger partial charge in [-0.15, -0.1) is 0 Å². The molecule has 3 aromatic carbocycles. The summed E-state index contributed by atoms with van der Waals surface area (Å²) in [5.74, 6) is 0.837. The Balaban J connectivity index is 0.000000292. The van der Waals surface area contributed by atoms with E-state index in [0.29, 0.717) is 0 Å². The fourth-order valence-electron chi connectivity index (χ4n) is 4.96. The van der Waals surface area contributed by atoms with Gasteiger partial charge in [-0.3, -0.25) is 10.1 Å². The van der Waals surface area contributed by atoms with E-state index in [4.69, 9.17) is 10.5 Å². The van der Waals surface area contributed by atoms with Crippen LogP contribution in [0.3, 0.4) is 0 Å². The number of pyridine rings is 1. The highest BCUT2D eigenvalue weighted by Crippen LogP contribution is 2.35. The Hall–Kier alpha value is -4.57. The normalized spacial score (nSPS) is 13.5. The van der Waals surface area contributed by atoms with Crippen molar-refractivity contribution in [1.82, 2.24) is 15.2 Å². The number of piperidine rings is 1. The predicted molar refractivity (Wildman–Crippen MR) is 159 cm³/mol. The molecule has 0 aliphatic carbocycles. The van der Waals surface area contributed by atoms with Gasteiger partial charge in [0.15, 0.2) is 0 Å². The summed E-state index contributed by atoms with van der Waals surface area (Å²) >= 11 is 0.